The van der Waals surface area contributed by atoms with Crippen molar-refractivity contribution in [2.75, 3.05) is 12.3 Å². The van der Waals surface area contributed by atoms with Crippen molar-refractivity contribution >= 4 is 5.69 Å². The van der Waals surface area contributed by atoms with Crippen LogP contribution >= 0.6 is 0 Å². The van der Waals surface area contributed by atoms with Gasteiger partial charge in [0.1, 0.15) is 5.75 Å². The molecule has 0 aliphatic carbocycles. The van der Waals surface area contributed by atoms with E-state index in [2.05, 4.69) is 26.0 Å². The number of nitrogen functional groups attached to an aromatic ring is 1. The summed E-state index contributed by atoms with van der Waals surface area (Å²) in [7, 11) is 0. The third-order valence-electron chi connectivity index (χ3n) is 3.12. The predicted octanol–water partition coefficient (Wildman–Crippen LogP) is 3.51. The molecule has 2 rings (SSSR count). The molecular formula is C16H19NO. The topological polar surface area (TPSA) is 35.2 Å². The second-order valence-corrected chi connectivity index (χ2v) is 4.59. The predicted molar refractivity (Wildman–Crippen MR) is 76.0 cm³/mol. The van der Waals surface area contributed by atoms with Crippen LogP contribution in [0, 0.1) is 13.8 Å². The average molecular weight is 241 g/mol. The van der Waals surface area contributed by atoms with Crippen molar-refractivity contribution in [3.8, 4) is 5.75 Å². The average Bonchev–Trinajstić information content (AvgIpc) is 2.36. The molecule has 18 heavy (non-hydrogen) atoms. The summed E-state index contributed by atoms with van der Waals surface area (Å²) in [6.45, 7) is 4.89. The third kappa shape index (κ3) is 3.27. The number of benzene rings is 2. The number of ether oxygens (including phenoxy) is 1. The van der Waals surface area contributed by atoms with Gasteiger partial charge in [-0.15, -0.1) is 0 Å². The summed E-state index contributed by atoms with van der Waals surface area (Å²) in [6.07, 6.45) is 0.896. The first-order chi connectivity index (χ1) is 8.65. The molecule has 0 atom stereocenters. The van der Waals surface area contributed by atoms with Gasteiger partial charge in [-0.05, 0) is 54.8 Å². The SMILES string of the molecule is Cc1ccc(OCCc2ccc(N)cc2)cc1C. The zero-order chi connectivity index (χ0) is 13.0. The van der Waals surface area contributed by atoms with Gasteiger partial charge in [0.05, 0.1) is 6.61 Å². The van der Waals surface area contributed by atoms with E-state index < -0.39 is 0 Å². The van der Waals surface area contributed by atoms with E-state index in [1.165, 1.54) is 16.7 Å². The Kier molecular flexibility index (Phi) is 3.88. The Balaban J connectivity index is 1.88. The fraction of sp³-hybridized carbons (Fsp3) is 0.250. The second-order valence-electron chi connectivity index (χ2n) is 4.59. The highest BCUT2D eigenvalue weighted by atomic mass is 16.5. The van der Waals surface area contributed by atoms with E-state index in [0.29, 0.717) is 6.61 Å². The van der Waals surface area contributed by atoms with Crippen molar-refractivity contribution in [1.82, 2.24) is 0 Å². The molecule has 0 aliphatic heterocycles. The van der Waals surface area contributed by atoms with Crippen LogP contribution in [0.4, 0.5) is 5.69 Å². The largest absolute Gasteiger partial charge is 0.493 e. The summed E-state index contributed by atoms with van der Waals surface area (Å²) >= 11 is 0. The Morgan fingerprint density at radius 3 is 2.33 bits per heavy atom. The van der Waals surface area contributed by atoms with Crippen molar-refractivity contribution in [3.63, 3.8) is 0 Å². The number of hydrogen-bond donors (Lipinski definition) is 1. The smallest absolute Gasteiger partial charge is 0.119 e. The molecule has 94 valence electrons. The Labute approximate surface area is 108 Å². The van der Waals surface area contributed by atoms with Gasteiger partial charge in [0.15, 0.2) is 0 Å². The normalized spacial score (nSPS) is 10.3. The van der Waals surface area contributed by atoms with Crippen LogP contribution in [0.25, 0.3) is 0 Å². The molecule has 2 aromatic rings. The van der Waals surface area contributed by atoms with Gasteiger partial charge >= 0.3 is 0 Å². The van der Waals surface area contributed by atoms with Gasteiger partial charge < -0.3 is 10.5 Å². The molecule has 0 unspecified atom stereocenters. The van der Waals surface area contributed by atoms with Gasteiger partial charge in [0, 0.05) is 12.1 Å². The van der Waals surface area contributed by atoms with E-state index in [9.17, 15) is 0 Å². The van der Waals surface area contributed by atoms with Crippen LogP contribution in [-0.4, -0.2) is 6.61 Å². The van der Waals surface area contributed by atoms with Gasteiger partial charge in [0.2, 0.25) is 0 Å². The number of anilines is 1. The summed E-state index contributed by atoms with van der Waals surface area (Å²) in [6, 6.07) is 14.1. The van der Waals surface area contributed by atoms with Crippen molar-refractivity contribution < 1.29 is 4.74 Å². The van der Waals surface area contributed by atoms with Crippen molar-refractivity contribution in [3.05, 3.63) is 59.2 Å². The Morgan fingerprint density at radius 2 is 1.67 bits per heavy atom. The summed E-state index contributed by atoms with van der Waals surface area (Å²) in [5.41, 5.74) is 10.2. The molecule has 0 aromatic heterocycles. The zero-order valence-corrected chi connectivity index (χ0v) is 10.9. The lowest BCUT2D eigenvalue weighted by atomic mass is 10.1. The van der Waals surface area contributed by atoms with Crippen LogP contribution in [0.2, 0.25) is 0 Å². The van der Waals surface area contributed by atoms with Crippen molar-refractivity contribution in [1.29, 1.82) is 0 Å². The fourth-order valence-corrected chi connectivity index (χ4v) is 1.77. The Morgan fingerprint density at radius 1 is 0.944 bits per heavy atom. The van der Waals surface area contributed by atoms with E-state index in [-0.39, 0.29) is 0 Å². The lowest BCUT2D eigenvalue weighted by molar-refractivity contribution is 0.321. The van der Waals surface area contributed by atoms with Crippen LogP contribution in [0.5, 0.6) is 5.75 Å². The standard InChI is InChI=1S/C16H19NO/c1-12-3-8-16(11-13(12)2)18-10-9-14-4-6-15(17)7-5-14/h3-8,11H,9-10,17H2,1-2H3. The van der Waals surface area contributed by atoms with Gasteiger partial charge in [-0.3, -0.25) is 0 Å². The van der Waals surface area contributed by atoms with Crippen LogP contribution < -0.4 is 10.5 Å². The monoisotopic (exact) mass is 241 g/mol. The lowest BCUT2D eigenvalue weighted by Gasteiger charge is -2.08. The van der Waals surface area contributed by atoms with Gasteiger partial charge in [0.25, 0.3) is 0 Å². The highest BCUT2D eigenvalue weighted by molar-refractivity contribution is 5.39. The van der Waals surface area contributed by atoms with Crippen LogP contribution in [0.15, 0.2) is 42.5 Å². The summed E-state index contributed by atoms with van der Waals surface area (Å²) in [5, 5.41) is 0. The molecular weight excluding hydrogens is 222 g/mol. The summed E-state index contributed by atoms with van der Waals surface area (Å²) in [4.78, 5) is 0. The number of hydrogen-bond acceptors (Lipinski definition) is 2. The summed E-state index contributed by atoms with van der Waals surface area (Å²) in [5.74, 6) is 0.938. The molecule has 0 amide bonds. The number of nitrogens with two attached hydrogens (primary N) is 1. The molecule has 2 heteroatoms. The molecule has 0 bridgehead atoms. The first-order valence-electron chi connectivity index (χ1n) is 6.19. The van der Waals surface area contributed by atoms with Crippen LogP contribution in [0.3, 0.4) is 0 Å². The minimum Gasteiger partial charge on any atom is -0.493 e. The molecule has 0 fully saturated rings. The molecule has 0 spiro atoms. The molecule has 0 radical (unpaired) electrons. The van der Waals surface area contributed by atoms with Gasteiger partial charge in [-0.25, -0.2) is 0 Å². The van der Waals surface area contributed by atoms with E-state index in [0.717, 1.165) is 17.9 Å². The Hall–Kier alpha value is -1.96. The number of rotatable bonds is 4. The highest BCUT2D eigenvalue weighted by Gasteiger charge is 1.98. The number of aryl methyl sites for hydroxylation is 2. The highest BCUT2D eigenvalue weighted by Crippen LogP contribution is 2.16. The minimum atomic E-state index is 0.687. The summed E-state index contributed by atoms with van der Waals surface area (Å²) < 4.78 is 5.74. The Bertz CT molecular complexity index is 517. The van der Waals surface area contributed by atoms with Crippen molar-refractivity contribution in [2.24, 2.45) is 0 Å². The molecule has 0 heterocycles. The molecule has 0 saturated heterocycles. The molecule has 0 saturated carbocycles. The molecule has 0 aliphatic rings. The van der Waals surface area contributed by atoms with Crippen molar-refractivity contribution in [2.45, 2.75) is 20.3 Å². The van der Waals surface area contributed by atoms with Gasteiger partial charge in [-0.1, -0.05) is 18.2 Å². The van der Waals surface area contributed by atoms with E-state index in [4.69, 9.17) is 10.5 Å². The third-order valence-corrected chi connectivity index (χ3v) is 3.12. The van der Waals surface area contributed by atoms with Crippen LogP contribution in [0.1, 0.15) is 16.7 Å². The second kappa shape index (κ2) is 5.58. The van der Waals surface area contributed by atoms with Gasteiger partial charge in [-0.2, -0.15) is 0 Å². The van der Waals surface area contributed by atoms with E-state index in [1.54, 1.807) is 0 Å². The quantitative estimate of drug-likeness (QED) is 0.831. The molecule has 2 N–H and O–H groups in total. The van der Waals surface area contributed by atoms with E-state index >= 15 is 0 Å². The van der Waals surface area contributed by atoms with E-state index in [1.807, 2.05) is 30.3 Å². The first kappa shape index (κ1) is 12.5. The first-order valence-corrected chi connectivity index (χ1v) is 6.19. The maximum Gasteiger partial charge on any atom is 0.119 e. The zero-order valence-electron chi connectivity index (χ0n) is 10.9. The maximum atomic E-state index is 5.74. The molecule has 2 aromatic carbocycles. The maximum absolute atomic E-state index is 5.74. The fourth-order valence-electron chi connectivity index (χ4n) is 1.77. The molecule has 2 nitrogen and oxygen atoms in total. The minimum absolute atomic E-state index is 0.687. The lowest BCUT2D eigenvalue weighted by Crippen LogP contribution is -2.01. The van der Waals surface area contributed by atoms with Crippen LogP contribution in [-0.2, 0) is 6.42 Å².